The van der Waals surface area contributed by atoms with Gasteiger partial charge in [0.2, 0.25) is 0 Å². The second-order valence-corrected chi connectivity index (χ2v) is 10.2. The van der Waals surface area contributed by atoms with Gasteiger partial charge in [-0.1, -0.05) is 127 Å². The number of rotatable bonds is 2. The van der Waals surface area contributed by atoms with Crippen LogP contribution in [-0.4, -0.2) is 0 Å². The van der Waals surface area contributed by atoms with Crippen LogP contribution in [0.15, 0.2) is 133 Å². The van der Waals surface area contributed by atoms with Gasteiger partial charge in [0.15, 0.2) is 0 Å². The lowest BCUT2D eigenvalue weighted by Crippen LogP contribution is -1.89. The Morgan fingerprint density at radius 1 is 0.368 bits per heavy atom. The van der Waals surface area contributed by atoms with E-state index >= 15 is 0 Å². The monoisotopic (exact) mass is 482 g/mol. The van der Waals surface area contributed by atoms with Gasteiger partial charge in [-0.3, -0.25) is 0 Å². The average molecular weight is 483 g/mol. The molecule has 0 radical (unpaired) electrons. The zero-order chi connectivity index (χ0) is 28.3. The van der Waals surface area contributed by atoms with Crippen molar-refractivity contribution in [1.29, 1.82) is 0 Å². The maximum absolute atomic E-state index is 9.54. The van der Waals surface area contributed by atoms with Gasteiger partial charge in [0, 0.05) is 0 Å². The minimum absolute atomic E-state index is 0.0819. The van der Waals surface area contributed by atoms with Crippen molar-refractivity contribution in [3.63, 3.8) is 0 Å². The summed E-state index contributed by atoms with van der Waals surface area (Å²) in [6, 6.07) is 37.3. The molecule has 38 heavy (non-hydrogen) atoms. The van der Waals surface area contributed by atoms with E-state index < -0.39 is 0 Å². The molecule has 0 bridgehead atoms. The van der Waals surface area contributed by atoms with E-state index in [1.165, 1.54) is 10.8 Å². The highest BCUT2D eigenvalue weighted by Crippen LogP contribution is 2.42. The molecule has 0 heterocycles. The summed E-state index contributed by atoms with van der Waals surface area (Å²) in [7, 11) is 0. The molecular weight excluding hydrogens is 456 g/mol. The van der Waals surface area contributed by atoms with E-state index in [-0.39, 0.29) is 24.2 Å². The first-order valence-electron chi connectivity index (χ1n) is 15.0. The quantitative estimate of drug-likeness (QED) is 0.215. The Labute approximate surface area is 225 Å². The van der Waals surface area contributed by atoms with Gasteiger partial charge in [-0.15, -0.1) is 0 Å². The Balaban J connectivity index is 1.40. The van der Waals surface area contributed by atoms with Crippen LogP contribution >= 0.6 is 0 Å². The highest BCUT2D eigenvalue weighted by atomic mass is 14.2. The minimum atomic E-state index is -0.160. The Hall–Kier alpha value is -4.94. The standard InChI is InChI=1S/C38H22/c1-4-23-10-12-27-14-18-31(33-20-16-25(6-1)35(23)37(27)33)29-8-3-9-30(22-29)32-19-15-28-13-11-24-5-2-7-26-17-21-34(32)38(28)36(24)26/h1-22H/i3D,8D,9D,22D. The fourth-order valence-corrected chi connectivity index (χ4v) is 6.52. The first kappa shape index (κ1) is 16.7. The molecule has 0 atom stereocenters. The predicted octanol–water partition coefficient (Wildman–Crippen LogP) is 10.8. The summed E-state index contributed by atoms with van der Waals surface area (Å²) in [5.41, 5.74) is 2.30. The van der Waals surface area contributed by atoms with Crippen molar-refractivity contribution in [3.8, 4) is 22.3 Å². The maximum Gasteiger partial charge on any atom is 0.0636 e. The molecule has 0 spiro atoms. The van der Waals surface area contributed by atoms with Gasteiger partial charge in [-0.2, -0.15) is 0 Å². The van der Waals surface area contributed by atoms with Gasteiger partial charge in [0.1, 0.15) is 0 Å². The van der Waals surface area contributed by atoms with Crippen molar-refractivity contribution in [1.82, 2.24) is 0 Å². The third-order valence-corrected chi connectivity index (χ3v) is 8.22. The van der Waals surface area contributed by atoms with Gasteiger partial charge in [0.05, 0.1) is 5.48 Å². The molecule has 0 N–H and O–H groups in total. The molecule has 0 unspecified atom stereocenters. The SMILES string of the molecule is [2H]c1c([2H])c(-c2ccc3ccc4cccc5ccc2c3c45)c([2H])c(-c2ccc3ccc4cccc5ccc2c3c45)c1[2H]. The van der Waals surface area contributed by atoms with Crippen LogP contribution in [0.2, 0.25) is 0 Å². The Morgan fingerprint density at radius 2 is 0.737 bits per heavy atom. The van der Waals surface area contributed by atoms with Crippen LogP contribution < -0.4 is 0 Å². The molecule has 0 amide bonds. The van der Waals surface area contributed by atoms with Crippen LogP contribution in [0.4, 0.5) is 0 Å². The zero-order valence-electron chi connectivity index (χ0n) is 24.4. The molecular formula is C38H22. The van der Waals surface area contributed by atoms with Gasteiger partial charge in [-0.25, -0.2) is 0 Å². The molecule has 0 aliphatic rings. The molecule has 0 saturated heterocycles. The molecule has 9 rings (SSSR count). The number of hydrogen-bond acceptors (Lipinski definition) is 0. The van der Waals surface area contributed by atoms with Crippen LogP contribution in [0.3, 0.4) is 0 Å². The summed E-state index contributed by atoms with van der Waals surface area (Å²) in [5, 5.41) is 13.3. The summed E-state index contributed by atoms with van der Waals surface area (Å²) in [4.78, 5) is 0. The molecule has 0 aliphatic heterocycles. The fraction of sp³-hybridized carbons (Fsp3) is 0. The average Bonchev–Trinajstić information content (AvgIpc) is 3.02. The van der Waals surface area contributed by atoms with Crippen molar-refractivity contribution in [2.24, 2.45) is 0 Å². The Morgan fingerprint density at radius 3 is 1.18 bits per heavy atom. The van der Waals surface area contributed by atoms with Crippen molar-refractivity contribution >= 4 is 64.6 Å². The molecule has 0 aliphatic carbocycles. The molecule has 0 fully saturated rings. The smallest absolute Gasteiger partial charge is 0.0610 e. The Kier molecular flexibility index (Phi) is 3.22. The van der Waals surface area contributed by atoms with Crippen LogP contribution in [0.5, 0.6) is 0 Å². The highest BCUT2D eigenvalue weighted by Gasteiger charge is 2.15. The summed E-state index contributed by atoms with van der Waals surface area (Å²) in [5.74, 6) is 0. The second-order valence-electron chi connectivity index (χ2n) is 10.2. The van der Waals surface area contributed by atoms with Gasteiger partial charge in [0.25, 0.3) is 0 Å². The topological polar surface area (TPSA) is 0 Å². The predicted molar refractivity (Wildman–Crippen MR) is 165 cm³/mol. The normalized spacial score (nSPS) is 13.7. The molecule has 0 aromatic heterocycles. The minimum Gasteiger partial charge on any atom is -0.0610 e. The zero-order valence-corrected chi connectivity index (χ0v) is 20.4. The van der Waals surface area contributed by atoms with Crippen molar-refractivity contribution in [3.05, 3.63) is 133 Å². The van der Waals surface area contributed by atoms with Gasteiger partial charge >= 0.3 is 0 Å². The van der Waals surface area contributed by atoms with Crippen molar-refractivity contribution in [2.75, 3.05) is 0 Å². The lowest BCUT2D eigenvalue weighted by Gasteiger charge is -2.16. The van der Waals surface area contributed by atoms with E-state index in [1.54, 1.807) is 0 Å². The third kappa shape index (κ3) is 2.64. The van der Waals surface area contributed by atoms with Gasteiger partial charge < -0.3 is 0 Å². The van der Waals surface area contributed by atoms with Crippen LogP contribution in [-0.2, 0) is 0 Å². The van der Waals surface area contributed by atoms with E-state index in [0.717, 1.165) is 65.0 Å². The van der Waals surface area contributed by atoms with Crippen LogP contribution in [0.25, 0.3) is 86.9 Å². The first-order valence-corrected chi connectivity index (χ1v) is 13.0. The molecule has 0 heteroatoms. The largest absolute Gasteiger partial charge is 0.0636 e. The van der Waals surface area contributed by atoms with E-state index in [4.69, 9.17) is 4.11 Å². The lowest BCUT2D eigenvalue weighted by molar-refractivity contribution is 1.64. The molecule has 0 saturated carbocycles. The third-order valence-electron chi connectivity index (χ3n) is 8.22. The molecule has 9 aromatic carbocycles. The summed E-state index contributed by atoms with van der Waals surface area (Å²) in [6.07, 6.45) is 0. The van der Waals surface area contributed by atoms with Crippen LogP contribution in [0, 0.1) is 0 Å². The van der Waals surface area contributed by atoms with Crippen molar-refractivity contribution < 1.29 is 5.48 Å². The lowest BCUT2D eigenvalue weighted by atomic mass is 9.87. The second kappa shape index (κ2) is 7.31. The van der Waals surface area contributed by atoms with Crippen LogP contribution in [0.1, 0.15) is 5.48 Å². The molecule has 0 nitrogen and oxygen atoms in total. The van der Waals surface area contributed by atoms with E-state index in [9.17, 15) is 1.37 Å². The number of hydrogen-bond donors (Lipinski definition) is 0. The van der Waals surface area contributed by atoms with Gasteiger partial charge in [-0.05, 0) is 92.9 Å². The highest BCUT2D eigenvalue weighted by molar-refractivity contribution is 6.27. The summed E-state index contributed by atoms with van der Waals surface area (Å²) < 4.78 is 36.5. The number of benzene rings is 9. The summed E-state index contributed by atoms with van der Waals surface area (Å²) in [6.45, 7) is 0. The Bertz CT molecular complexity index is 2360. The van der Waals surface area contributed by atoms with E-state index in [2.05, 4.69) is 97.1 Å². The van der Waals surface area contributed by atoms with Crippen molar-refractivity contribution in [2.45, 2.75) is 0 Å². The van der Waals surface area contributed by atoms with E-state index in [0.29, 0.717) is 11.1 Å². The summed E-state index contributed by atoms with van der Waals surface area (Å²) >= 11 is 0. The van der Waals surface area contributed by atoms with E-state index in [1.807, 2.05) is 12.1 Å². The maximum atomic E-state index is 9.54. The fourth-order valence-electron chi connectivity index (χ4n) is 6.52. The first-order chi connectivity index (χ1) is 20.5. The molecule has 174 valence electrons. The molecule has 9 aromatic rings.